The summed E-state index contributed by atoms with van der Waals surface area (Å²) in [5, 5.41) is 0. The Hall–Kier alpha value is -1.89. The van der Waals surface area contributed by atoms with Gasteiger partial charge in [0.1, 0.15) is 5.60 Å². The molecule has 1 heterocycles. The van der Waals surface area contributed by atoms with Crippen LogP contribution in [0.25, 0.3) is 0 Å². The molecule has 2 rings (SSSR count). The molecule has 0 fully saturated rings. The van der Waals surface area contributed by atoms with Gasteiger partial charge in [-0.05, 0) is 66.5 Å². The maximum atomic E-state index is 12.8. The molecular weight excluding hydrogens is 411 g/mol. The average molecular weight is 430 g/mol. The van der Waals surface area contributed by atoms with E-state index in [2.05, 4.69) is 20.9 Å². The molecule has 26 heavy (non-hydrogen) atoms. The molecule has 3 nitrogen and oxygen atoms in total. The number of aromatic nitrogens is 1. The van der Waals surface area contributed by atoms with Gasteiger partial charge in [-0.3, -0.25) is 9.78 Å². The van der Waals surface area contributed by atoms with E-state index in [1.165, 1.54) is 12.1 Å². The molecule has 0 saturated heterocycles. The number of ether oxygens (including phenoxy) is 1. The zero-order chi connectivity index (χ0) is 19.5. The number of pyridine rings is 1. The number of carbonyl (C=O) groups excluding carboxylic acids is 1. The molecule has 2 aromatic rings. The first-order chi connectivity index (χ1) is 12.0. The summed E-state index contributed by atoms with van der Waals surface area (Å²) in [6.07, 6.45) is -2.87. The van der Waals surface area contributed by atoms with Crippen LogP contribution in [0.1, 0.15) is 49.9 Å². The van der Waals surface area contributed by atoms with Gasteiger partial charge in [0.05, 0.1) is 17.7 Å². The van der Waals surface area contributed by atoms with Crippen molar-refractivity contribution in [1.82, 2.24) is 4.98 Å². The van der Waals surface area contributed by atoms with Gasteiger partial charge in [0.15, 0.2) is 0 Å². The molecule has 0 radical (unpaired) electrons. The maximum Gasteiger partial charge on any atom is 0.416 e. The highest BCUT2D eigenvalue weighted by molar-refractivity contribution is 9.10. The Labute approximate surface area is 158 Å². The molecule has 0 spiro atoms. The molecule has 7 heteroatoms. The summed E-state index contributed by atoms with van der Waals surface area (Å²) in [6.45, 7) is 5.28. The normalized spacial score (nSPS) is 13.3. The monoisotopic (exact) mass is 429 g/mol. The van der Waals surface area contributed by atoms with Gasteiger partial charge in [0.25, 0.3) is 0 Å². The third-order valence-corrected chi connectivity index (χ3v) is 4.22. The molecule has 0 aliphatic heterocycles. The number of hydrogen-bond donors (Lipinski definition) is 0. The Balaban J connectivity index is 2.38. The van der Waals surface area contributed by atoms with Crippen molar-refractivity contribution < 1.29 is 22.7 Å². The van der Waals surface area contributed by atoms with Crippen molar-refractivity contribution in [2.75, 3.05) is 0 Å². The van der Waals surface area contributed by atoms with E-state index in [1.54, 1.807) is 39.1 Å². The van der Waals surface area contributed by atoms with Crippen LogP contribution in [-0.2, 0) is 15.7 Å². The largest absolute Gasteiger partial charge is 0.460 e. The van der Waals surface area contributed by atoms with Crippen LogP contribution in [0, 0.1) is 0 Å². The number of benzene rings is 1. The van der Waals surface area contributed by atoms with Crippen LogP contribution in [0.4, 0.5) is 13.2 Å². The Kier molecular flexibility index (Phi) is 6.11. The van der Waals surface area contributed by atoms with Crippen LogP contribution in [0.15, 0.2) is 47.1 Å². The minimum atomic E-state index is -4.41. The van der Waals surface area contributed by atoms with Crippen LogP contribution in [0.5, 0.6) is 0 Å². The smallest absolute Gasteiger partial charge is 0.416 e. The van der Waals surface area contributed by atoms with Gasteiger partial charge in [0, 0.05) is 16.6 Å². The molecule has 140 valence electrons. The molecule has 0 bridgehead atoms. The Bertz CT molecular complexity index is 768. The second kappa shape index (κ2) is 7.78. The maximum absolute atomic E-state index is 12.8. The zero-order valence-electron chi connectivity index (χ0n) is 14.6. The number of hydrogen-bond acceptors (Lipinski definition) is 3. The quantitative estimate of drug-likeness (QED) is 0.582. The van der Waals surface area contributed by atoms with Crippen LogP contribution in [0.2, 0.25) is 0 Å². The fourth-order valence-electron chi connectivity index (χ4n) is 2.48. The van der Waals surface area contributed by atoms with Crippen molar-refractivity contribution in [1.29, 1.82) is 0 Å². The van der Waals surface area contributed by atoms with E-state index < -0.39 is 29.2 Å². The van der Waals surface area contributed by atoms with Gasteiger partial charge in [-0.25, -0.2) is 0 Å². The molecule has 0 saturated carbocycles. The standard InChI is InChI=1S/C19H19BrF3NO2/c1-18(2,3)26-16(25)11-14(17-15(20)5-4-10-24-17)12-6-8-13(9-7-12)19(21,22)23/h4-10,14H,11H2,1-3H3/t14-/m0/s1. The highest BCUT2D eigenvalue weighted by Crippen LogP contribution is 2.35. The molecule has 0 unspecified atom stereocenters. The summed E-state index contributed by atoms with van der Waals surface area (Å²) in [5.74, 6) is -0.970. The Morgan fingerprint density at radius 2 is 1.77 bits per heavy atom. The van der Waals surface area contributed by atoms with E-state index in [0.29, 0.717) is 15.7 Å². The molecule has 0 amide bonds. The summed E-state index contributed by atoms with van der Waals surface area (Å²) in [7, 11) is 0. The van der Waals surface area contributed by atoms with E-state index in [0.717, 1.165) is 12.1 Å². The van der Waals surface area contributed by atoms with Crippen molar-refractivity contribution in [3.8, 4) is 0 Å². The van der Waals surface area contributed by atoms with E-state index >= 15 is 0 Å². The first-order valence-electron chi connectivity index (χ1n) is 7.97. The van der Waals surface area contributed by atoms with E-state index in [1.807, 2.05) is 0 Å². The van der Waals surface area contributed by atoms with Crippen LogP contribution < -0.4 is 0 Å². The number of nitrogens with zero attached hydrogens (tertiary/aromatic N) is 1. The fraction of sp³-hybridized carbons (Fsp3) is 0.368. The summed E-state index contributed by atoms with van der Waals surface area (Å²) >= 11 is 3.40. The predicted octanol–water partition coefficient (Wildman–Crippen LogP) is 5.73. The van der Waals surface area contributed by atoms with Gasteiger partial charge in [0.2, 0.25) is 0 Å². The summed E-state index contributed by atoms with van der Waals surface area (Å²) in [5.41, 5.74) is -0.262. The van der Waals surface area contributed by atoms with Crippen molar-refractivity contribution >= 4 is 21.9 Å². The SMILES string of the molecule is CC(C)(C)OC(=O)C[C@@H](c1ccc(C(F)(F)F)cc1)c1ncccc1Br. The number of carbonyl (C=O) groups is 1. The molecular formula is C19H19BrF3NO2. The van der Waals surface area contributed by atoms with Crippen LogP contribution >= 0.6 is 15.9 Å². The summed E-state index contributed by atoms with van der Waals surface area (Å²) < 4.78 is 44.5. The lowest BCUT2D eigenvalue weighted by atomic mass is 9.91. The van der Waals surface area contributed by atoms with Crippen LogP contribution in [-0.4, -0.2) is 16.6 Å². The second-order valence-corrected chi connectivity index (χ2v) is 7.69. The molecule has 1 atom stereocenters. The lowest BCUT2D eigenvalue weighted by molar-refractivity contribution is -0.155. The highest BCUT2D eigenvalue weighted by atomic mass is 79.9. The average Bonchev–Trinajstić information content (AvgIpc) is 2.51. The van der Waals surface area contributed by atoms with Crippen LogP contribution in [0.3, 0.4) is 0 Å². The van der Waals surface area contributed by atoms with E-state index in [4.69, 9.17) is 4.74 Å². The summed E-state index contributed by atoms with van der Waals surface area (Å²) in [4.78, 5) is 16.6. The van der Waals surface area contributed by atoms with Gasteiger partial charge in [-0.1, -0.05) is 12.1 Å². The van der Waals surface area contributed by atoms with Crippen molar-refractivity contribution in [2.24, 2.45) is 0 Å². The number of esters is 1. The molecule has 0 aliphatic rings. The summed E-state index contributed by atoms with van der Waals surface area (Å²) in [6, 6.07) is 8.26. The minimum absolute atomic E-state index is 0.0295. The van der Waals surface area contributed by atoms with Crippen molar-refractivity contribution in [3.05, 3.63) is 63.9 Å². The first kappa shape index (κ1) is 20.4. The lowest BCUT2D eigenvalue weighted by Gasteiger charge is -2.23. The lowest BCUT2D eigenvalue weighted by Crippen LogP contribution is -2.25. The number of rotatable bonds is 4. The van der Waals surface area contributed by atoms with Gasteiger partial charge in [-0.2, -0.15) is 13.2 Å². The van der Waals surface area contributed by atoms with Crippen molar-refractivity contribution in [2.45, 2.75) is 44.9 Å². The Morgan fingerprint density at radius 3 is 2.27 bits per heavy atom. The predicted molar refractivity (Wildman–Crippen MR) is 95.7 cm³/mol. The van der Waals surface area contributed by atoms with Crippen molar-refractivity contribution in [3.63, 3.8) is 0 Å². The highest BCUT2D eigenvalue weighted by Gasteiger charge is 2.31. The first-order valence-corrected chi connectivity index (χ1v) is 8.76. The number of alkyl halides is 3. The third kappa shape index (κ3) is 5.56. The van der Waals surface area contributed by atoms with Gasteiger partial charge in [-0.15, -0.1) is 0 Å². The topological polar surface area (TPSA) is 39.2 Å². The van der Waals surface area contributed by atoms with Gasteiger partial charge >= 0.3 is 12.1 Å². The number of halogens is 4. The van der Waals surface area contributed by atoms with E-state index in [-0.39, 0.29) is 6.42 Å². The molecule has 1 aromatic carbocycles. The minimum Gasteiger partial charge on any atom is -0.460 e. The zero-order valence-corrected chi connectivity index (χ0v) is 16.2. The van der Waals surface area contributed by atoms with E-state index in [9.17, 15) is 18.0 Å². The Morgan fingerprint density at radius 1 is 1.15 bits per heavy atom. The molecule has 0 aliphatic carbocycles. The third-order valence-electron chi connectivity index (χ3n) is 3.55. The van der Waals surface area contributed by atoms with Gasteiger partial charge < -0.3 is 4.74 Å². The molecule has 1 aromatic heterocycles. The fourth-order valence-corrected chi connectivity index (χ4v) is 3.01. The second-order valence-electron chi connectivity index (χ2n) is 6.83. The molecule has 0 N–H and O–H groups in total.